The normalized spacial score (nSPS) is 15.4. The summed E-state index contributed by atoms with van der Waals surface area (Å²) in [6, 6.07) is 7.66. The molecule has 2 heterocycles. The second-order valence-electron chi connectivity index (χ2n) is 7.21. The zero-order valence-electron chi connectivity index (χ0n) is 16.4. The van der Waals surface area contributed by atoms with Crippen LogP contribution < -0.4 is 10.6 Å². The predicted octanol–water partition coefficient (Wildman–Crippen LogP) is 5.19. The molecule has 1 aliphatic heterocycles. The van der Waals surface area contributed by atoms with E-state index in [4.69, 9.17) is 11.6 Å². The summed E-state index contributed by atoms with van der Waals surface area (Å²) in [6.07, 6.45) is -5.03. The van der Waals surface area contributed by atoms with Gasteiger partial charge in [0.2, 0.25) is 5.91 Å². The molecule has 4 rings (SSSR count). The molecule has 0 spiro atoms. The third-order valence-electron chi connectivity index (χ3n) is 4.99. The van der Waals surface area contributed by atoms with Gasteiger partial charge in [-0.05, 0) is 42.8 Å². The van der Waals surface area contributed by atoms with Gasteiger partial charge in [-0.25, -0.2) is 9.07 Å². The van der Waals surface area contributed by atoms with E-state index in [1.807, 2.05) is 0 Å². The quantitative estimate of drug-likeness (QED) is 0.519. The van der Waals surface area contributed by atoms with Gasteiger partial charge >= 0.3 is 6.18 Å². The molecule has 6 nitrogen and oxygen atoms in total. The molecular formula is C21H15ClF4N4O2. The number of fused-ring (bicyclic) bond motifs is 1. The summed E-state index contributed by atoms with van der Waals surface area (Å²) in [5.41, 5.74) is 0.605. The van der Waals surface area contributed by atoms with E-state index in [0.29, 0.717) is 22.6 Å². The highest BCUT2D eigenvalue weighted by molar-refractivity contribution is 6.31. The lowest BCUT2D eigenvalue weighted by molar-refractivity contribution is -0.137. The number of aryl methyl sites for hydroxylation is 1. The molecule has 0 saturated carbocycles. The SMILES string of the molecule is Cc1nn2c(c1-c1ccc(F)cc1)NC(=O)C2CC(=O)Nc1ccc(Cl)c(C(F)(F)F)c1. The van der Waals surface area contributed by atoms with Gasteiger partial charge in [-0.1, -0.05) is 23.7 Å². The number of halogens is 5. The van der Waals surface area contributed by atoms with Crippen LogP contribution in [0, 0.1) is 12.7 Å². The molecule has 2 aromatic carbocycles. The molecular weight excluding hydrogens is 452 g/mol. The van der Waals surface area contributed by atoms with Crippen molar-refractivity contribution in [1.82, 2.24) is 9.78 Å². The Balaban J connectivity index is 1.56. The van der Waals surface area contributed by atoms with Crippen molar-refractivity contribution in [2.75, 3.05) is 10.6 Å². The minimum atomic E-state index is -4.68. The maximum absolute atomic E-state index is 13.3. The first kappa shape index (κ1) is 21.8. The molecule has 0 saturated heterocycles. The van der Waals surface area contributed by atoms with Crippen LogP contribution in [0.2, 0.25) is 5.02 Å². The average Bonchev–Trinajstić information content (AvgIpc) is 3.17. The number of carbonyl (C=O) groups excluding carboxylic acids is 2. The fourth-order valence-electron chi connectivity index (χ4n) is 3.55. The van der Waals surface area contributed by atoms with Crippen molar-refractivity contribution in [1.29, 1.82) is 0 Å². The molecule has 1 aromatic heterocycles. The lowest BCUT2D eigenvalue weighted by Crippen LogP contribution is -2.24. The van der Waals surface area contributed by atoms with Gasteiger partial charge < -0.3 is 10.6 Å². The minimum absolute atomic E-state index is 0.103. The van der Waals surface area contributed by atoms with E-state index < -0.39 is 40.4 Å². The van der Waals surface area contributed by atoms with E-state index in [0.717, 1.165) is 12.1 Å². The number of nitrogens with zero attached hydrogens (tertiary/aromatic N) is 2. The zero-order chi connectivity index (χ0) is 23.2. The Morgan fingerprint density at radius 3 is 2.56 bits per heavy atom. The van der Waals surface area contributed by atoms with Crippen molar-refractivity contribution in [2.24, 2.45) is 0 Å². The van der Waals surface area contributed by atoms with Crippen molar-refractivity contribution in [3.63, 3.8) is 0 Å². The molecule has 2 N–H and O–H groups in total. The number of nitrogens with one attached hydrogen (secondary N) is 2. The highest BCUT2D eigenvalue weighted by atomic mass is 35.5. The van der Waals surface area contributed by atoms with E-state index in [2.05, 4.69) is 15.7 Å². The number of hydrogen-bond donors (Lipinski definition) is 2. The first-order chi connectivity index (χ1) is 15.0. The predicted molar refractivity (Wildman–Crippen MR) is 110 cm³/mol. The number of hydrogen-bond acceptors (Lipinski definition) is 3. The fraction of sp³-hybridized carbons (Fsp3) is 0.190. The molecule has 1 atom stereocenters. The van der Waals surface area contributed by atoms with Gasteiger partial charge in [-0.3, -0.25) is 9.59 Å². The standard InChI is InChI=1S/C21H15ClF4N4O2/c1-10-18(11-2-4-12(23)5-3-11)19-28-20(32)16(30(19)29-10)9-17(31)27-13-6-7-15(22)14(8-13)21(24,25)26/h2-8,16H,9H2,1H3,(H,27,31)(H,28,32). The van der Waals surface area contributed by atoms with Crippen molar-refractivity contribution in [3.05, 3.63) is 64.6 Å². The molecule has 3 aromatic rings. The van der Waals surface area contributed by atoms with Gasteiger partial charge in [0.1, 0.15) is 17.7 Å². The van der Waals surface area contributed by atoms with Crippen LogP contribution in [0.25, 0.3) is 11.1 Å². The summed E-state index contributed by atoms with van der Waals surface area (Å²) < 4.78 is 53.7. The Hall–Kier alpha value is -3.40. The van der Waals surface area contributed by atoms with E-state index in [-0.39, 0.29) is 12.1 Å². The van der Waals surface area contributed by atoms with Gasteiger partial charge in [0.05, 0.1) is 22.7 Å². The van der Waals surface area contributed by atoms with E-state index in [1.54, 1.807) is 19.1 Å². The summed E-state index contributed by atoms with van der Waals surface area (Å²) in [5, 5.41) is 8.88. The van der Waals surface area contributed by atoms with Crippen molar-refractivity contribution in [3.8, 4) is 11.1 Å². The summed E-state index contributed by atoms with van der Waals surface area (Å²) >= 11 is 5.59. The van der Waals surface area contributed by atoms with Gasteiger partial charge in [-0.2, -0.15) is 18.3 Å². The molecule has 0 fully saturated rings. The first-order valence-corrected chi connectivity index (χ1v) is 9.75. The third kappa shape index (κ3) is 4.05. The Morgan fingerprint density at radius 2 is 1.91 bits per heavy atom. The Bertz CT molecular complexity index is 1220. The van der Waals surface area contributed by atoms with Crippen molar-refractivity contribution >= 4 is 34.9 Å². The molecule has 1 aliphatic rings. The third-order valence-corrected chi connectivity index (χ3v) is 5.32. The number of anilines is 2. The van der Waals surface area contributed by atoms with Crippen LogP contribution in [-0.4, -0.2) is 21.6 Å². The highest BCUT2D eigenvalue weighted by Crippen LogP contribution is 2.39. The summed E-state index contributed by atoms with van der Waals surface area (Å²) in [4.78, 5) is 25.0. The molecule has 166 valence electrons. The lowest BCUT2D eigenvalue weighted by Gasteiger charge is -2.13. The monoisotopic (exact) mass is 466 g/mol. The summed E-state index contributed by atoms with van der Waals surface area (Å²) in [5.74, 6) is -1.21. The maximum atomic E-state index is 13.3. The van der Waals surface area contributed by atoms with Crippen LogP contribution in [0.3, 0.4) is 0 Å². The van der Waals surface area contributed by atoms with Crippen molar-refractivity contribution in [2.45, 2.75) is 25.6 Å². The van der Waals surface area contributed by atoms with E-state index >= 15 is 0 Å². The number of aromatic nitrogens is 2. The number of carbonyl (C=O) groups is 2. The van der Waals surface area contributed by atoms with Gasteiger partial charge in [0, 0.05) is 11.3 Å². The van der Waals surface area contributed by atoms with E-state index in [9.17, 15) is 27.2 Å². The minimum Gasteiger partial charge on any atom is -0.326 e. The van der Waals surface area contributed by atoms with Crippen LogP contribution in [0.5, 0.6) is 0 Å². The largest absolute Gasteiger partial charge is 0.417 e. The van der Waals surface area contributed by atoms with Gasteiger partial charge in [0.15, 0.2) is 0 Å². The van der Waals surface area contributed by atoms with Crippen LogP contribution in [0.1, 0.15) is 23.7 Å². The number of amides is 2. The van der Waals surface area contributed by atoms with Crippen molar-refractivity contribution < 1.29 is 27.2 Å². The molecule has 0 aliphatic carbocycles. The molecule has 0 bridgehead atoms. The topological polar surface area (TPSA) is 76.0 Å². The molecule has 0 radical (unpaired) electrons. The molecule has 11 heteroatoms. The number of rotatable bonds is 4. The smallest absolute Gasteiger partial charge is 0.326 e. The lowest BCUT2D eigenvalue weighted by atomic mass is 10.1. The Labute approximate surface area is 184 Å². The second-order valence-corrected chi connectivity index (χ2v) is 7.62. The Kier molecular flexibility index (Phi) is 5.41. The second kappa shape index (κ2) is 7.94. The average molecular weight is 467 g/mol. The van der Waals surface area contributed by atoms with Crippen LogP contribution >= 0.6 is 11.6 Å². The van der Waals surface area contributed by atoms with Crippen LogP contribution in [-0.2, 0) is 15.8 Å². The van der Waals surface area contributed by atoms with Crippen LogP contribution in [0.15, 0.2) is 42.5 Å². The summed E-state index contributed by atoms with van der Waals surface area (Å²) in [7, 11) is 0. The first-order valence-electron chi connectivity index (χ1n) is 9.37. The molecule has 1 unspecified atom stereocenters. The van der Waals surface area contributed by atoms with E-state index in [1.165, 1.54) is 22.9 Å². The molecule has 2 amide bonds. The van der Waals surface area contributed by atoms with Gasteiger partial charge in [0.25, 0.3) is 5.91 Å². The van der Waals surface area contributed by atoms with Gasteiger partial charge in [-0.15, -0.1) is 0 Å². The highest BCUT2D eigenvalue weighted by Gasteiger charge is 2.37. The molecule has 32 heavy (non-hydrogen) atoms. The fourth-order valence-corrected chi connectivity index (χ4v) is 3.78. The Morgan fingerprint density at radius 1 is 1.22 bits per heavy atom. The zero-order valence-corrected chi connectivity index (χ0v) is 17.2. The number of alkyl halides is 3. The summed E-state index contributed by atoms with van der Waals surface area (Å²) in [6.45, 7) is 1.71. The van der Waals surface area contributed by atoms with Crippen LogP contribution in [0.4, 0.5) is 29.1 Å². The number of benzene rings is 2. The maximum Gasteiger partial charge on any atom is 0.417 e.